The highest BCUT2D eigenvalue weighted by Crippen LogP contribution is 2.21. The molecule has 2 unspecified atom stereocenters. The molecule has 5 nitrogen and oxygen atoms in total. The van der Waals surface area contributed by atoms with Crippen molar-refractivity contribution in [3.05, 3.63) is 35.9 Å². The SMILES string of the molecule is CC(CO)C(C)NC1CC(NC(=O)OCc2ccccc2)C1. The molecule has 3 N–H and O–H groups in total. The topological polar surface area (TPSA) is 70.6 Å². The Bertz CT molecular complexity index is 460. The van der Waals surface area contributed by atoms with Gasteiger partial charge < -0.3 is 20.5 Å². The Labute approximate surface area is 132 Å². The van der Waals surface area contributed by atoms with Crippen LogP contribution in [0, 0.1) is 5.92 Å². The lowest BCUT2D eigenvalue weighted by Crippen LogP contribution is -2.55. The highest BCUT2D eigenvalue weighted by atomic mass is 16.5. The van der Waals surface area contributed by atoms with E-state index in [-0.39, 0.29) is 30.7 Å². The maximum absolute atomic E-state index is 11.7. The second-order valence-corrected chi connectivity index (χ2v) is 6.19. The van der Waals surface area contributed by atoms with Crippen LogP contribution in [0.4, 0.5) is 4.79 Å². The Morgan fingerprint density at radius 2 is 1.95 bits per heavy atom. The van der Waals surface area contributed by atoms with E-state index >= 15 is 0 Å². The number of aliphatic hydroxyl groups excluding tert-OH is 1. The van der Waals surface area contributed by atoms with Crippen LogP contribution in [-0.2, 0) is 11.3 Å². The molecule has 1 aliphatic carbocycles. The van der Waals surface area contributed by atoms with Crippen LogP contribution in [0.1, 0.15) is 32.3 Å². The summed E-state index contributed by atoms with van der Waals surface area (Å²) in [7, 11) is 0. The normalized spacial score (nSPS) is 23.2. The van der Waals surface area contributed by atoms with Crippen molar-refractivity contribution in [1.29, 1.82) is 0 Å². The van der Waals surface area contributed by atoms with Gasteiger partial charge >= 0.3 is 6.09 Å². The first-order valence-electron chi connectivity index (χ1n) is 7.92. The van der Waals surface area contributed by atoms with E-state index in [1.54, 1.807) is 0 Å². The standard InChI is InChI=1S/C17H26N2O3/c1-12(10-20)13(2)18-15-8-16(9-15)19-17(21)22-11-14-6-4-3-5-7-14/h3-7,12-13,15-16,18,20H,8-11H2,1-2H3,(H,19,21). The van der Waals surface area contributed by atoms with E-state index < -0.39 is 0 Å². The number of hydrogen-bond acceptors (Lipinski definition) is 4. The average Bonchev–Trinajstić information content (AvgIpc) is 2.50. The first-order chi connectivity index (χ1) is 10.6. The van der Waals surface area contributed by atoms with Gasteiger partial charge in [0.1, 0.15) is 6.61 Å². The van der Waals surface area contributed by atoms with Gasteiger partial charge in [-0.25, -0.2) is 4.79 Å². The number of amides is 1. The first-order valence-corrected chi connectivity index (χ1v) is 7.92. The van der Waals surface area contributed by atoms with Crippen molar-refractivity contribution in [1.82, 2.24) is 10.6 Å². The van der Waals surface area contributed by atoms with Crippen molar-refractivity contribution < 1.29 is 14.6 Å². The maximum Gasteiger partial charge on any atom is 0.407 e. The minimum absolute atomic E-state index is 0.178. The van der Waals surface area contributed by atoms with Crippen LogP contribution in [0.3, 0.4) is 0 Å². The van der Waals surface area contributed by atoms with Crippen molar-refractivity contribution in [2.45, 2.75) is 51.4 Å². The maximum atomic E-state index is 11.7. The zero-order valence-corrected chi connectivity index (χ0v) is 13.3. The lowest BCUT2D eigenvalue weighted by atomic mass is 9.85. The highest BCUT2D eigenvalue weighted by Gasteiger charge is 2.32. The van der Waals surface area contributed by atoms with Gasteiger partial charge in [-0.05, 0) is 31.2 Å². The van der Waals surface area contributed by atoms with E-state index in [1.165, 1.54) is 0 Å². The van der Waals surface area contributed by atoms with Crippen LogP contribution in [0.15, 0.2) is 30.3 Å². The number of nitrogens with one attached hydrogen (secondary N) is 2. The summed E-state index contributed by atoms with van der Waals surface area (Å²) in [6, 6.07) is 10.5. The number of rotatable bonds is 7. The molecule has 0 spiro atoms. The Hall–Kier alpha value is -1.59. The van der Waals surface area contributed by atoms with Gasteiger partial charge in [0.15, 0.2) is 0 Å². The van der Waals surface area contributed by atoms with Gasteiger partial charge in [-0.3, -0.25) is 0 Å². The molecule has 1 saturated carbocycles. The molecule has 5 heteroatoms. The van der Waals surface area contributed by atoms with Gasteiger partial charge in [-0.1, -0.05) is 37.3 Å². The van der Waals surface area contributed by atoms with Crippen molar-refractivity contribution in [2.75, 3.05) is 6.61 Å². The number of carbonyl (C=O) groups is 1. The Morgan fingerprint density at radius 1 is 1.27 bits per heavy atom. The lowest BCUT2D eigenvalue weighted by Gasteiger charge is -2.38. The van der Waals surface area contributed by atoms with Gasteiger partial charge in [-0.2, -0.15) is 0 Å². The largest absolute Gasteiger partial charge is 0.445 e. The number of hydrogen-bond donors (Lipinski definition) is 3. The number of benzene rings is 1. The zero-order chi connectivity index (χ0) is 15.9. The molecule has 0 saturated heterocycles. The quantitative estimate of drug-likeness (QED) is 0.721. The monoisotopic (exact) mass is 306 g/mol. The highest BCUT2D eigenvalue weighted by molar-refractivity contribution is 5.67. The second kappa shape index (κ2) is 8.15. The summed E-state index contributed by atoms with van der Waals surface area (Å²) >= 11 is 0. The summed E-state index contributed by atoms with van der Waals surface area (Å²) in [5, 5.41) is 15.5. The van der Waals surface area contributed by atoms with Crippen LogP contribution >= 0.6 is 0 Å². The van der Waals surface area contributed by atoms with Crippen LogP contribution in [0.2, 0.25) is 0 Å². The summed E-state index contributed by atoms with van der Waals surface area (Å²) in [5.74, 6) is 0.239. The molecular weight excluding hydrogens is 280 g/mol. The van der Waals surface area contributed by atoms with E-state index in [2.05, 4.69) is 17.6 Å². The minimum Gasteiger partial charge on any atom is -0.445 e. The molecule has 0 bridgehead atoms. The molecule has 0 heterocycles. The fourth-order valence-electron chi connectivity index (χ4n) is 2.50. The third-order valence-corrected chi connectivity index (χ3v) is 4.31. The summed E-state index contributed by atoms with van der Waals surface area (Å²) < 4.78 is 5.20. The molecular formula is C17H26N2O3. The molecule has 1 fully saturated rings. The Morgan fingerprint density at radius 3 is 2.59 bits per heavy atom. The summed E-state index contributed by atoms with van der Waals surface area (Å²) in [6.07, 6.45) is 1.45. The molecule has 1 aromatic carbocycles. The fraction of sp³-hybridized carbons (Fsp3) is 0.588. The van der Waals surface area contributed by atoms with E-state index in [4.69, 9.17) is 9.84 Å². The van der Waals surface area contributed by atoms with Gasteiger partial charge in [-0.15, -0.1) is 0 Å². The fourth-order valence-corrected chi connectivity index (χ4v) is 2.50. The minimum atomic E-state index is -0.357. The predicted octanol–water partition coefficient (Wildman–Crippen LogP) is 2.05. The third-order valence-electron chi connectivity index (χ3n) is 4.31. The summed E-state index contributed by atoms with van der Waals surface area (Å²) in [6.45, 7) is 4.59. The molecule has 0 aromatic heterocycles. The van der Waals surface area contributed by atoms with Crippen LogP contribution < -0.4 is 10.6 Å². The molecule has 122 valence electrons. The van der Waals surface area contributed by atoms with Gasteiger partial charge in [0.25, 0.3) is 0 Å². The van der Waals surface area contributed by atoms with Crippen molar-refractivity contribution >= 4 is 6.09 Å². The molecule has 0 radical (unpaired) electrons. The van der Waals surface area contributed by atoms with Crippen molar-refractivity contribution in [3.8, 4) is 0 Å². The Kier molecular flexibility index (Phi) is 6.21. The summed E-state index contributed by atoms with van der Waals surface area (Å²) in [5.41, 5.74) is 0.984. The van der Waals surface area contributed by atoms with E-state index in [9.17, 15) is 4.79 Å². The smallest absolute Gasteiger partial charge is 0.407 e. The number of carbonyl (C=O) groups excluding carboxylic acids is 1. The van der Waals surface area contributed by atoms with Gasteiger partial charge in [0.2, 0.25) is 0 Å². The molecule has 1 aliphatic rings. The van der Waals surface area contributed by atoms with Crippen molar-refractivity contribution in [2.24, 2.45) is 5.92 Å². The Balaban J connectivity index is 1.60. The molecule has 1 aromatic rings. The van der Waals surface area contributed by atoms with E-state index in [1.807, 2.05) is 37.3 Å². The van der Waals surface area contributed by atoms with E-state index in [0.29, 0.717) is 12.6 Å². The number of alkyl carbamates (subject to hydrolysis) is 1. The van der Waals surface area contributed by atoms with E-state index in [0.717, 1.165) is 18.4 Å². The number of aliphatic hydroxyl groups is 1. The van der Waals surface area contributed by atoms with Crippen molar-refractivity contribution in [3.63, 3.8) is 0 Å². The lowest BCUT2D eigenvalue weighted by molar-refractivity contribution is 0.121. The summed E-state index contributed by atoms with van der Waals surface area (Å²) in [4.78, 5) is 11.7. The van der Waals surface area contributed by atoms with Crippen LogP contribution in [0.25, 0.3) is 0 Å². The second-order valence-electron chi connectivity index (χ2n) is 6.19. The average molecular weight is 306 g/mol. The number of ether oxygens (including phenoxy) is 1. The van der Waals surface area contributed by atoms with Crippen LogP contribution in [-0.4, -0.2) is 35.9 Å². The molecule has 2 rings (SSSR count). The molecule has 0 aliphatic heterocycles. The predicted molar refractivity (Wildman–Crippen MR) is 85.4 cm³/mol. The molecule has 1 amide bonds. The van der Waals surface area contributed by atoms with Gasteiger partial charge in [0.05, 0.1) is 0 Å². The molecule has 2 atom stereocenters. The third kappa shape index (κ3) is 5.00. The van der Waals surface area contributed by atoms with Crippen LogP contribution in [0.5, 0.6) is 0 Å². The van der Waals surface area contributed by atoms with Gasteiger partial charge in [0, 0.05) is 24.7 Å². The zero-order valence-electron chi connectivity index (χ0n) is 13.3. The first kappa shape index (κ1) is 16.8. The molecule has 22 heavy (non-hydrogen) atoms.